The zero-order valence-electron chi connectivity index (χ0n) is 20.4. The molecule has 2 fully saturated rings. The number of phenolic OH excluding ortho intramolecular Hbond substituents is 1. The number of rotatable bonds is 3. The minimum atomic E-state index is -2.29. The third-order valence-corrected chi connectivity index (χ3v) is 7.96. The summed E-state index contributed by atoms with van der Waals surface area (Å²) in [6.45, 7) is -2.02. The minimum Gasteiger partial charge on any atom is -0.504 e. The summed E-state index contributed by atoms with van der Waals surface area (Å²) in [6.07, 6.45) is -6.03. The Morgan fingerprint density at radius 2 is 2.06 bits per heavy atom. The van der Waals surface area contributed by atoms with E-state index in [2.05, 4.69) is 0 Å². The van der Waals surface area contributed by atoms with Crippen LogP contribution in [0.15, 0.2) is 24.3 Å². The van der Waals surface area contributed by atoms with Crippen LogP contribution in [0.5, 0.6) is 11.5 Å². The summed E-state index contributed by atoms with van der Waals surface area (Å²) < 4.78 is 41.8. The average Bonchev–Trinajstić information content (AvgIpc) is 3.15. The molecule has 2 bridgehead atoms. The number of aliphatic hydroxyl groups is 3. The monoisotopic (exact) mass is 464 g/mol. The van der Waals surface area contributed by atoms with Crippen molar-refractivity contribution in [1.82, 2.24) is 4.90 Å². The van der Waals surface area contributed by atoms with Gasteiger partial charge in [0.1, 0.15) is 30.5 Å². The number of carbonyl (C=O) groups is 1. The molecule has 10 heteroatoms. The molecule has 2 aliphatic carbocycles. The summed E-state index contributed by atoms with van der Waals surface area (Å²) in [4.78, 5) is 13.0. The highest BCUT2D eigenvalue weighted by Crippen LogP contribution is 2.62. The average molecular weight is 464 g/mol. The summed E-state index contributed by atoms with van der Waals surface area (Å²) >= 11 is 0. The van der Waals surface area contributed by atoms with Crippen LogP contribution in [-0.4, -0.2) is 98.9 Å². The predicted molar refractivity (Wildman–Crippen MR) is 111 cm³/mol. The number of carboxylic acids is 1. The number of benzene rings is 1. The fraction of sp³-hybridized carbons (Fsp3) is 0.609. The molecule has 0 amide bonds. The number of aromatic hydroxyl groups is 1. The number of piperidine rings is 1. The second kappa shape index (κ2) is 7.14. The molecule has 0 saturated carbocycles. The number of phenols is 1. The van der Waals surface area contributed by atoms with E-state index in [1.165, 1.54) is 11.0 Å². The van der Waals surface area contributed by atoms with Gasteiger partial charge in [-0.15, -0.1) is 0 Å². The van der Waals surface area contributed by atoms with Gasteiger partial charge in [-0.1, -0.05) is 18.2 Å². The molecule has 3 heterocycles. The van der Waals surface area contributed by atoms with Gasteiger partial charge in [0.05, 0.1) is 0 Å². The molecule has 0 aromatic heterocycles. The summed E-state index contributed by atoms with van der Waals surface area (Å²) in [6, 6.07) is 2.96. The van der Waals surface area contributed by atoms with E-state index in [4.69, 9.17) is 18.3 Å². The summed E-state index contributed by atoms with van der Waals surface area (Å²) in [5.41, 5.74) is 0.978. The first-order chi connectivity index (χ1) is 16.9. The molecule has 5 N–H and O–H groups in total. The van der Waals surface area contributed by atoms with Gasteiger partial charge >= 0.3 is 5.97 Å². The number of carboxylic acid groups (broad SMARTS) is 1. The smallest absolute Gasteiger partial charge is 0.335 e. The van der Waals surface area contributed by atoms with E-state index in [1.807, 2.05) is 6.08 Å². The Morgan fingerprint density at radius 3 is 2.82 bits per heavy atom. The zero-order valence-corrected chi connectivity index (χ0v) is 17.4. The maximum Gasteiger partial charge on any atom is 0.335 e. The second-order valence-corrected chi connectivity index (χ2v) is 9.49. The number of aliphatic carboxylic acids is 1. The van der Waals surface area contributed by atoms with Gasteiger partial charge in [0.25, 0.3) is 0 Å². The molecule has 10 nitrogen and oxygen atoms in total. The van der Waals surface area contributed by atoms with E-state index in [9.17, 15) is 30.3 Å². The highest BCUT2D eigenvalue weighted by Gasteiger charge is 2.65. The van der Waals surface area contributed by atoms with Crippen LogP contribution in [0, 0.1) is 5.92 Å². The number of likely N-dealkylation sites (N-methyl/N-ethyl adjacent to an activating group) is 1. The molecule has 2 saturated heterocycles. The largest absolute Gasteiger partial charge is 0.504 e. The van der Waals surface area contributed by atoms with E-state index in [-0.39, 0.29) is 24.3 Å². The molecule has 5 aliphatic rings. The molecule has 1 spiro atoms. The van der Waals surface area contributed by atoms with E-state index >= 15 is 0 Å². The van der Waals surface area contributed by atoms with Crippen LogP contribution in [0.3, 0.4) is 0 Å². The minimum absolute atomic E-state index is 0.0508. The van der Waals surface area contributed by atoms with E-state index < -0.39 is 61.3 Å². The number of aliphatic hydroxyl groups excluding tert-OH is 3. The lowest BCUT2D eigenvalue weighted by atomic mass is 9.53. The Bertz CT molecular complexity index is 1130. The Hall–Kier alpha value is -2.21. The first kappa shape index (κ1) is 18.2. The molecule has 33 heavy (non-hydrogen) atoms. The van der Waals surface area contributed by atoms with E-state index in [0.717, 1.165) is 11.1 Å². The first-order valence-corrected chi connectivity index (χ1v) is 11.0. The molecule has 0 unspecified atom stereocenters. The highest BCUT2D eigenvalue weighted by atomic mass is 16.7. The number of nitrogens with zero attached hydrogens (tertiary/aromatic N) is 1. The normalized spacial score (nSPS) is 47.1. The predicted octanol–water partition coefficient (Wildman–Crippen LogP) is -0.885. The van der Waals surface area contributed by atoms with Crippen LogP contribution >= 0.6 is 0 Å². The summed E-state index contributed by atoms with van der Waals surface area (Å²) in [5, 5.41) is 50.7. The van der Waals surface area contributed by atoms with Gasteiger partial charge in [0.15, 0.2) is 23.9 Å². The van der Waals surface area contributed by atoms with Crippen LogP contribution in [0.2, 0.25) is 0 Å². The Kier molecular flexibility index (Phi) is 3.93. The molecular formula is C23H27NO9. The number of ether oxygens (including phenoxy) is 3. The zero-order chi connectivity index (χ0) is 25.7. The van der Waals surface area contributed by atoms with Crippen molar-refractivity contribution in [2.45, 2.75) is 67.2 Å². The molecule has 3 aliphatic heterocycles. The third-order valence-electron chi connectivity index (χ3n) is 7.96. The Balaban J connectivity index is 1.39. The van der Waals surface area contributed by atoms with Gasteiger partial charge in [-0.25, -0.2) is 4.79 Å². The van der Waals surface area contributed by atoms with E-state index in [0.29, 0.717) is 18.6 Å². The van der Waals surface area contributed by atoms with Crippen molar-refractivity contribution in [3.05, 3.63) is 35.4 Å². The third kappa shape index (κ3) is 2.73. The van der Waals surface area contributed by atoms with Crippen molar-refractivity contribution >= 4 is 5.97 Å². The van der Waals surface area contributed by atoms with Gasteiger partial charge < -0.3 is 44.6 Å². The molecule has 1 aromatic rings. The SMILES string of the molecule is [2H]C([2H])([2H])N1CC[C@]23c4c5ccc(O)c4O[C@H]2[C@@H](O[C@@H]2O[C@H](C(=O)O)[C@@H](O)[C@H](O)[C@H]2O)C=C[C@H]3[C@H]1C5. The van der Waals surface area contributed by atoms with Crippen LogP contribution < -0.4 is 4.74 Å². The van der Waals surface area contributed by atoms with Gasteiger partial charge in [-0.3, -0.25) is 0 Å². The van der Waals surface area contributed by atoms with Crippen LogP contribution in [0.4, 0.5) is 0 Å². The van der Waals surface area contributed by atoms with Gasteiger partial charge in [0, 0.05) is 27.1 Å². The van der Waals surface area contributed by atoms with Gasteiger partial charge in [0.2, 0.25) is 0 Å². The van der Waals surface area contributed by atoms with Crippen molar-refractivity contribution in [2.75, 3.05) is 13.5 Å². The fourth-order valence-corrected chi connectivity index (χ4v) is 6.47. The lowest BCUT2D eigenvalue weighted by Crippen LogP contribution is -2.66. The molecule has 10 atom stereocenters. The van der Waals surface area contributed by atoms with Gasteiger partial charge in [-0.05, 0) is 38.0 Å². The number of hydrogen-bond acceptors (Lipinski definition) is 9. The maximum atomic E-state index is 11.5. The van der Waals surface area contributed by atoms with Crippen molar-refractivity contribution in [3.63, 3.8) is 0 Å². The van der Waals surface area contributed by atoms with Crippen molar-refractivity contribution in [1.29, 1.82) is 0 Å². The van der Waals surface area contributed by atoms with Crippen LogP contribution in [-0.2, 0) is 26.1 Å². The summed E-state index contributed by atoms with van der Waals surface area (Å²) in [7, 11) is 0. The standard InChI is InChI=1S/C23H27NO9/c1-24-7-6-23-10-3-5-13(31-22-17(28)15(26)16(27)19(33-22)21(29)30)20(23)32-18-12(25)4-2-9(14(18)23)8-11(10)24/h2-5,10-11,13,15-17,19-20,22,25-28H,6-8H2,1H3,(H,29,30)/t10-,11+,13-,15-,16-,17+,19-,20-,22+,23-/m0/s1/i1D3. The number of hydrogen-bond donors (Lipinski definition) is 5. The Labute approximate surface area is 193 Å². The fourth-order valence-electron chi connectivity index (χ4n) is 6.47. The molecule has 178 valence electrons. The van der Waals surface area contributed by atoms with Crippen molar-refractivity contribution < 1.29 is 48.7 Å². The summed E-state index contributed by atoms with van der Waals surface area (Å²) in [5.74, 6) is -1.52. The molecular weight excluding hydrogens is 434 g/mol. The highest BCUT2D eigenvalue weighted by molar-refractivity contribution is 5.73. The number of likely N-dealkylation sites (tertiary alicyclic amines) is 1. The maximum absolute atomic E-state index is 11.5. The molecule has 1 aromatic carbocycles. The lowest BCUT2D eigenvalue weighted by molar-refractivity contribution is -0.307. The Morgan fingerprint density at radius 1 is 1.24 bits per heavy atom. The second-order valence-electron chi connectivity index (χ2n) is 9.49. The lowest BCUT2D eigenvalue weighted by Gasteiger charge is -2.57. The van der Waals surface area contributed by atoms with Crippen molar-refractivity contribution in [3.8, 4) is 11.5 Å². The first-order valence-electron chi connectivity index (χ1n) is 12.5. The molecule has 6 rings (SSSR count). The van der Waals surface area contributed by atoms with Gasteiger partial charge in [-0.2, -0.15) is 0 Å². The quantitative estimate of drug-likeness (QED) is 0.357. The van der Waals surface area contributed by atoms with Crippen molar-refractivity contribution in [2.24, 2.45) is 5.92 Å². The van der Waals surface area contributed by atoms with E-state index in [1.54, 1.807) is 12.1 Å². The van der Waals surface area contributed by atoms with Crippen LogP contribution in [0.1, 0.15) is 21.7 Å². The topological polar surface area (TPSA) is 149 Å². The van der Waals surface area contributed by atoms with Crippen LogP contribution in [0.25, 0.3) is 0 Å². The molecule has 0 radical (unpaired) electrons.